The van der Waals surface area contributed by atoms with Gasteiger partial charge < -0.3 is 15.8 Å². The number of ether oxygens (including phenoxy) is 1. The van der Waals surface area contributed by atoms with E-state index in [1.807, 2.05) is 5.38 Å². The molecule has 4 nitrogen and oxygen atoms in total. The topological polar surface area (TPSA) is 64.3 Å². The van der Waals surface area contributed by atoms with Crippen molar-refractivity contribution in [3.63, 3.8) is 0 Å². The first kappa shape index (κ1) is 17.2. The Morgan fingerprint density at radius 3 is 2.72 bits per heavy atom. The van der Waals surface area contributed by atoms with Gasteiger partial charge in [-0.3, -0.25) is 4.79 Å². The highest BCUT2D eigenvalue weighted by Crippen LogP contribution is 2.24. The van der Waals surface area contributed by atoms with Gasteiger partial charge in [-0.05, 0) is 23.8 Å². The van der Waals surface area contributed by atoms with Crippen LogP contribution in [0.15, 0.2) is 11.4 Å². The molecule has 0 spiro atoms. The highest BCUT2D eigenvalue weighted by molar-refractivity contribution is 7.12. The highest BCUT2D eigenvalue weighted by atomic mass is 35.5. The molecule has 1 unspecified atom stereocenters. The van der Waals surface area contributed by atoms with Crippen molar-refractivity contribution >= 4 is 29.7 Å². The monoisotopic (exact) mass is 292 g/mol. The molecule has 0 saturated heterocycles. The zero-order chi connectivity index (χ0) is 12.8. The quantitative estimate of drug-likeness (QED) is 0.845. The number of carbonyl (C=O) groups is 1. The number of nitrogens with two attached hydrogens (primary N) is 1. The molecule has 0 aromatic carbocycles. The summed E-state index contributed by atoms with van der Waals surface area (Å²) in [7, 11) is 1.56. The summed E-state index contributed by atoms with van der Waals surface area (Å²) in [4.78, 5) is 12.6. The number of amides is 1. The van der Waals surface area contributed by atoms with Crippen LogP contribution in [0.1, 0.15) is 29.9 Å². The molecule has 1 rings (SSSR count). The van der Waals surface area contributed by atoms with Crippen molar-refractivity contribution in [1.29, 1.82) is 0 Å². The molecule has 6 heteroatoms. The molecular weight excluding hydrogens is 272 g/mol. The molecule has 0 radical (unpaired) electrons. The molecule has 1 atom stereocenters. The average molecular weight is 293 g/mol. The van der Waals surface area contributed by atoms with Gasteiger partial charge in [-0.1, -0.05) is 13.8 Å². The van der Waals surface area contributed by atoms with Crippen LogP contribution < -0.4 is 15.8 Å². The molecule has 0 fully saturated rings. The number of thiophene rings is 1. The normalized spacial score (nSPS) is 11.8. The summed E-state index contributed by atoms with van der Waals surface area (Å²) < 4.78 is 5.12. The lowest BCUT2D eigenvalue weighted by atomic mass is 10.0. The lowest BCUT2D eigenvalue weighted by Gasteiger charge is -2.18. The third-order valence-electron chi connectivity index (χ3n) is 2.43. The van der Waals surface area contributed by atoms with E-state index in [4.69, 9.17) is 10.5 Å². The van der Waals surface area contributed by atoms with Crippen LogP contribution in [0.5, 0.6) is 5.75 Å². The van der Waals surface area contributed by atoms with Crippen molar-refractivity contribution in [1.82, 2.24) is 5.32 Å². The van der Waals surface area contributed by atoms with Crippen molar-refractivity contribution in [3.05, 3.63) is 16.3 Å². The number of methoxy groups -OCH3 is 1. The summed E-state index contributed by atoms with van der Waals surface area (Å²) in [5.41, 5.74) is 5.65. The van der Waals surface area contributed by atoms with E-state index in [-0.39, 0.29) is 24.4 Å². The molecule has 18 heavy (non-hydrogen) atoms. The zero-order valence-electron chi connectivity index (χ0n) is 10.9. The van der Waals surface area contributed by atoms with Crippen LogP contribution in [0.3, 0.4) is 0 Å². The van der Waals surface area contributed by atoms with E-state index < -0.39 is 0 Å². The number of hydrogen-bond donors (Lipinski definition) is 2. The summed E-state index contributed by atoms with van der Waals surface area (Å²) in [6.07, 6.45) is 0.885. The van der Waals surface area contributed by atoms with Gasteiger partial charge in [-0.25, -0.2) is 0 Å². The van der Waals surface area contributed by atoms with Gasteiger partial charge in [0.2, 0.25) is 0 Å². The molecular formula is C12H21ClN2O2S. The third kappa shape index (κ3) is 4.84. The highest BCUT2D eigenvalue weighted by Gasteiger charge is 2.18. The van der Waals surface area contributed by atoms with Crippen LogP contribution in [0.2, 0.25) is 0 Å². The lowest BCUT2D eigenvalue weighted by molar-refractivity contribution is 0.0935. The van der Waals surface area contributed by atoms with Crippen LogP contribution in [-0.2, 0) is 0 Å². The molecule has 0 aliphatic carbocycles. The first-order valence-electron chi connectivity index (χ1n) is 5.70. The van der Waals surface area contributed by atoms with Gasteiger partial charge in [0.25, 0.3) is 5.91 Å². The van der Waals surface area contributed by atoms with Crippen molar-refractivity contribution < 1.29 is 9.53 Å². The van der Waals surface area contributed by atoms with Crippen molar-refractivity contribution in [2.75, 3.05) is 13.7 Å². The third-order valence-corrected chi connectivity index (χ3v) is 3.33. The molecule has 1 heterocycles. The first-order valence-corrected chi connectivity index (χ1v) is 6.58. The number of rotatable bonds is 6. The minimum absolute atomic E-state index is 0. The van der Waals surface area contributed by atoms with E-state index in [1.165, 1.54) is 11.3 Å². The molecule has 0 saturated carbocycles. The van der Waals surface area contributed by atoms with Gasteiger partial charge >= 0.3 is 0 Å². The van der Waals surface area contributed by atoms with E-state index in [9.17, 15) is 4.79 Å². The van der Waals surface area contributed by atoms with E-state index >= 15 is 0 Å². The molecule has 0 aliphatic heterocycles. The van der Waals surface area contributed by atoms with Gasteiger partial charge in [-0.2, -0.15) is 0 Å². The van der Waals surface area contributed by atoms with Gasteiger partial charge in [-0.15, -0.1) is 23.7 Å². The molecule has 0 bridgehead atoms. The maximum absolute atomic E-state index is 12.0. The fourth-order valence-corrected chi connectivity index (χ4v) is 2.42. The minimum Gasteiger partial charge on any atom is -0.495 e. The SMILES string of the molecule is COc1ccsc1C(=O)NC(CN)CC(C)C.Cl. The number of hydrogen-bond acceptors (Lipinski definition) is 4. The fraction of sp³-hybridized carbons (Fsp3) is 0.583. The molecule has 1 amide bonds. The lowest BCUT2D eigenvalue weighted by Crippen LogP contribution is -2.40. The van der Waals surface area contributed by atoms with Gasteiger partial charge in [0.1, 0.15) is 10.6 Å². The summed E-state index contributed by atoms with van der Waals surface area (Å²) >= 11 is 1.38. The van der Waals surface area contributed by atoms with E-state index in [2.05, 4.69) is 19.2 Å². The summed E-state index contributed by atoms with van der Waals surface area (Å²) in [5, 5.41) is 4.78. The average Bonchev–Trinajstić information content (AvgIpc) is 2.75. The Morgan fingerprint density at radius 1 is 1.56 bits per heavy atom. The van der Waals surface area contributed by atoms with Crippen molar-refractivity contribution in [2.24, 2.45) is 11.7 Å². The predicted molar refractivity (Wildman–Crippen MR) is 77.9 cm³/mol. The van der Waals surface area contributed by atoms with Crippen LogP contribution in [-0.4, -0.2) is 25.6 Å². The Bertz CT molecular complexity index is 369. The van der Waals surface area contributed by atoms with Gasteiger partial charge in [0, 0.05) is 12.6 Å². The largest absolute Gasteiger partial charge is 0.495 e. The zero-order valence-corrected chi connectivity index (χ0v) is 12.6. The van der Waals surface area contributed by atoms with Crippen molar-refractivity contribution in [3.8, 4) is 5.75 Å². The minimum atomic E-state index is -0.104. The smallest absolute Gasteiger partial charge is 0.265 e. The maximum atomic E-state index is 12.0. The first-order chi connectivity index (χ1) is 8.08. The summed E-state index contributed by atoms with van der Waals surface area (Å²) in [6, 6.07) is 1.81. The van der Waals surface area contributed by atoms with E-state index in [0.29, 0.717) is 23.1 Å². The Labute approximate surface area is 118 Å². The molecule has 0 aliphatic rings. The molecule has 1 aromatic rings. The van der Waals surface area contributed by atoms with E-state index in [1.54, 1.807) is 13.2 Å². The number of carbonyl (C=O) groups excluding carboxylic acids is 1. The molecule has 104 valence electrons. The second-order valence-electron chi connectivity index (χ2n) is 4.35. The second-order valence-corrected chi connectivity index (χ2v) is 5.27. The number of nitrogens with one attached hydrogen (secondary N) is 1. The van der Waals surface area contributed by atoms with Crippen LogP contribution in [0.25, 0.3) is 0 Å². The Morgan fingerprint density at radius 2 is 2.22 bits per heavy atom. The van der Waals surface area contributed by atoms with Crippen LogP contribution >= 0.6 is 23.7 Å². The predicted octanol–water partition coefficient (Wildman–Crippen LogP) is 2.28. The van der Waals surface area contributed by atoms with Gasteiger partial charge in [0.15, 0.2) is 0 Å². The second kappa shape index (κ2) is 8.34. The summed E-state index contributed by atoms with van der Waals surface area (Å²) in [5.74, 6) is 1.02. The fourth-order valence-electron chi connectivity index (χ4n) is 1.66. The molecule has 3 N–H and O–H groups in total. The van der Waals surface area contributed by atoms with Gasteiger partial charge in [0.05, 0.1) is 7.11 Å². The molecule has 1 aromatic heterocycles. The van der Waals surface area contributed by atoms with Crippen LogP contribution in [0.4, 0.5) is 0 Å². The van der Waals surface area contributed by atoms with E-state index in [0.717, 1.165) is 6.42 Å². The van der Waals surface area contributed by atoms with Crippen LogP contribution in [0, 0.1) is 5.92 Å². The van der Waals surface area contributed by atoms with Crippen molar-refractivity contribution in [2.45, 2.75) is 26.3 Å². The maximum Gasteiger partial charge on any atom is 0.265 e. The number of halogens is 1. The Balaban J connectivity index is 0.00000289. The Hall–Kier alpha value is -0.780. The standard InChI is InChI=1S/C12H20N2O2S.ClH/c1-8(2)6-9(7-13)14-12(15)11-10(16-3)4-5-17-11;/h4-5,8-9H,6-7,13H2,1-3H3,(H,14,15);1H. The summed E-state index contributed by atoms with van der Waals surface area (Å²) in [6.45, 7) is 4.68. The Kier molecular flexibility index (Phi) is 7.98.